The molecule has 0 atom stereocenters. The van der Waals surface area contributed by atoms with Gasteiger partial charge in [0, 0.05) is 22.7 Å². The minimum absolute atomic E-state index is 0.0336. The van der Waals surface area contributed by atoms with E-state index in [1.807, 2.05) is 0 Å². The third kappa shape index (κ3) is 3.75. The summed E-state index contributed by atoms with van der Waals surface area (Å²) in [7, 11) is -1.70. The quantitative estimate of drug-likeness (QED) is 0.429. The maximum absolute atomic E-state index is 12.9. The van der Waals surface area contributed by atoms with Gasteiger partial charge in [-0.1, -0.05) is 23.4 Å². The van der Waals surface area contributed by atoms with E-state index in [0.717, 1.165) is 35.9 Å². The molecule has 1 aliphatic carbocycles. The average molecular weight is 455 g/mol. The molecule has 2 aromatic heterocycles. The molecule has 4 rings (SSSR count). The predicted molar refractivity (Wildman–Crippen MR) is 116 cm³/mol. The van der Waals surface area contributed by atoms with Crippen LogP contribution in [0.15, 0.2) is 39.1 Å². The summed E-state index contributed by atoms with van der Waals surface area (Å²) in [5.74, 6) is 0.288. The summed E-state index contributed by atoms with van der Waals surface area (Å²) in [5.41, 5.74) is 1.13. The van der Waals surface area contributed by atoms with Crippen LogP contribution in [0.25, 0.3) is 10.2 Å². The van der Waals surface area contributed by atoms with Gasteiger partial charge in [0.25, 0.3) is 5.56 Å². The molecule has 1 aliphatic rings. The van der Waals surface area contributed by atoms with Crippen molar-refractivity contribution in [2.75, 3.05) is 11.5 Å². The number of aryl methyl sites for hydroxylation is 2. The largest absolute Gasteiger partial charge is 0.290 e. The van der Waals surface area contributed by atoms with Crippen molar-refractivity contribution in [3.05, 3.63) is 50.1 Å². The van der Waals surface area contributed by atoms with E-state index in [1.165, 1.54) is 34.3 Å². The first-order valence-electron chi connectivity index (χ1n) is 8.99. The van der Waals surface area contributed by atoms with Crippen molar-refractivity contribution < 1.29 is 8.42 Å². The van der Waals surface area contributed by atoms with Gasteiger partial charge in [0.05, 0.1) is 16.0 Å². The second-order valence-electron chi connectivity index (χ2n) is 6.77. The summed E-state index contributed by atoms with van der Waals surface area (Å²) < 4.78 is 26.5. The molecule has 0 saturated carbocycles. The Kier molecular flexibility index (Phi) is 5.57. The first-order chi connectivity index (χ1) is 13.4. The van der Waals surface area contributed by atoms with Crippen molar-refractivity contribution in [3.63, 3.8) is 0 Å². The average Bonchev–Trinajstić information content (AvgIpc) is 3.04. The normalized spacial score (nSPS) is 14.4. The lowest BCUT2D eigenvalue weighted by Gasteiger charge is -2.11. The number of fused-ring (bicyclic) bond motifs is 3. The molecule has 0 N–H and O–H groups in total. The smallest absolute Gasteiger partial charge is 0.262 e. The van der Waals surface area contributed by atoms with Gasteiger partial charge in [-0.3, -0.25) is 9.36 Å². The highest BCUT2D eigenvalue weighted by molar-refractivity contribution is 8.00. The van der Waals surface area contributed by atoms with Crippen molar-refractivity contribution in [1.82, 2.24) is 9.55 Å². The molecule has 9 heteroatoms. The first-order valence-corrected chi connectivity index (χ1v) is 12.8. The van der Waals surface area contributed by atoms with E-state index in [1.54, 1.807) is 35.1 Å². The van der Waals surface area contributed by atoms with Crippen LogP contribution in [0.3, 0.4) is 0 Å². The number of aromatic nitrogens is 2. The summed E-state index contributed by atoms with van der Waals surface area (Å²) in [5, 5.41) is 1.81. The molecule has 0 unspecified atom stereocenters. The number of thiophene rings is 1. The molecule has 0 aliphatic heterocycles. The summed E-state index contributed by atoms with van der Waals surface area (Å²) in [6, 6.07) is 6.16. The SMILES string of the molecule is Cn1c(SCCS(=O)(=O)c2ccc(Cl)cc2)nc2sc3c(c2c1=O)CCCC3. The monoisotopic (exact) mass is 454 g/mol. The molecule has 2 heterocycles. The third-order valence-electron chi connectivity index (χ3n) is 4.91. The van der Waals surface area contributed by atoms with Gasteiger partial charge in [0.1, 0.15) is 4.83 Å². The molecule has 0 bridgehead atoms. The van der Waals surface area contributed by atoms with Crippen LogP contribution in [0.2, 0.25) is 5.02 Å². The van der Waals surface area contributed by atoms with E-state index >= 15 is 0 Å². The maximum Gasteiger partial charge on any atom is 0.262 e. The lowest BCUT2D eigenvalue weighted by atomic mass is 9.97. The van der Waals surface area contributed by atoms with Gasteiger partial charge in [-0.25, -0.2) is 13.4 Å². The summed E-state index contributed by atoms with van der Waals surface area (Å²) in [6.45, 7) is 0. The van der Waals surface area contributed by atoms with E-state index < -0.39 is 9.84 Å². The molecule has 0 amide bonds. The van der Waals surface area contributed by atoms with Gasteiger partial charge < -0.3 is 0 Å². The fourth-order valence-corrected chi connectivity index (χ4v) is 7.45. The van der Waals surface area contributed by atoms with E-state index in [0.29, 0.717) is 15.9 Å². The fourth-order valence-electron chi connectivity index (χ4n) is 3.40. The molecule has 28 heavy (non-hydrogen) atoms. The van der Waals surface area contributed by atoms with Gasteiger partial charge in [0.15, 0.2) is 15.0 Å². The zero-order chi connectivity index (χ0) is 19.9. The van der Waals surface area contributed by atoms with Gasteiger partial charge in [-0.15, -0.1) is 11.3 Å². The van der Waals surface area contributed by atoms with Gasteiger partial charge in [-0.05, 0) is 55.5 Å². The number of nitrogens with zero attached hydrogens (tertiary/aromatic N) is 2. The van der Waals surface area contributed by atoms with Crippen LogP contribution in [0, 0.1) is 0 Å². The fraction of sp³-hybridized carbons (Fsp3) is 0.368. The molecular weight excluding hydrogens is 436 g/mol. The highest BCUT2D eigenvalue weighted by Crippen LogP contribution is 2.34. The van der Waals surface area contributed by atoms with Crippen molar-refractivity contribution in [2.24, 2.45) is 7.05 Å². The van der Waals surface area contributed by atoms with Crippen molar-refractivity contribution in [1.29, 1.82) is 0 Å². The Balaban J connectivity index is 1.56. The Bertz CT molecular complexity index is 1200. The molecule has 1 aromatic carbocycles. The lowest BCUT2D eigenvalue weighted by molar-refractivity contribution is 0.597. The van der Waals surface area contributed by atoms with Gasteiger partial charge in [0.2, 0.25) is 0 Å². The summed E-state index contributed by atoms with van der Waals surface area (Å²) in [6.07, 6.45) is 4.23. The van der Waals surface area contributed by atoms with E-state index in [9.17, 15) is 13.2 Å². The van der Waals surface area contributed by atoms with Crippen LogP contribution in [-0.2, 0) is 29.7 Å². The Labute approximate surface area is 176 Å². The van der Waals surface area contributed by atoms with Crippen LogP contribution in [0.4, 0.5) is 0 Å². The first kappa shape index (κ1) is 19.9. The second-order valence-corrected chi connectivity index (χ2v) is 11.5. The highest BCUT2D eigenvalue weighted by Gasteiger charge is 2.22. The van der Waals surface area contributed by atoms with E-state index in [2.05, 4.69) is 4.98 Å². The van der Waals surface area contributed by atoms with Crippen LogP contribution in [-0.4, -0.2) is 29.5 Å². The second kappa shape index (κ2) is 7.82. The van der Waals surface area contributed by atoms with Crippen LogP contribution >= 0.6 is 34.7 Å². The Hall–Kier alpha value is -1.35. The van der Waals surface area contributed by atoms with E-state index in [-0.39, 0.29) is 16.2 Å². The third-order valence-corrected chi connectivity index (χ3v) is 9.37. The number of sulfone groups is 1. The van der Waals surface area contributed by atoms with Gasteiger partial charge in [-0.2, -0.15) is 0 Å². The van der Waals surface area contributed by atoms with Crippen molar-refractivity contribution in [3.8, 4) is 0 Å². The predicted octanol–water partition coefficient (Wildman–Crippen LogP) is 4.09. The Morgan fingerprint density at radius 2 is 1.93 bits per heavy atom. The zero-order valence-corrected chi connectivity index (χ0v) is 18.5. The molecular formula is C19H19ClN2O3S3. The van der Waals surface area contributed by atoms with Crippen LogP contribution in [0.5, 0.6) is 0 Å². The van der Waals surface area contributed by atoms with Crippen molar-refractivity contribution in [2.45, 2.75) is 35.7 Å². The van der Waals surface area contributed by atoms with Gasteiger partial charge >= 0.3 is 0 Å². The van der Waals surface area contributed by atoms with Crippen molar-refractivity contribution >= 4 is 54.8 Å². The number of hydrogen-bond acceptors (Lipinski definition) is 6. The zero-order valence-electron chi connectivity index (χ0n) is 15.3. The number of hydrogen-bond donors (Lipinski definition) is 0. The molecule has 148 valence electrons. The molecule has 0 spiro atoms. The Morgan fingerprint density at radius 1 is 1.21 bits per heavy atom. The molecule has 0 saturated heterocycles. The minimum Gasteiger partial charge on any atom is -0.290 e. The van der Waals surface area contributed by atoms with E-state index in [4.69, 9.17) is 11.6 Å². The highest BCUT2D eigenvalue weighted by atomic mass is 35.5. The standard InChI is InChI=1S/C19H19ClN2O3S3/c1-22-18(23)16-14-4-2-3-5-15(14)27-17(16)21-19(22)26-10-11-28(24,25)13-8-6-12(20)7-9-13/h6-9H,2-5,10-11H2,1H3. The topological polar surface area (TPSA) is 69.0 Å². The molecule has 0 radical (unpaired) electrons. The number of benzene rings is 1. The number of thioether (sulfide) groups is 1. The van der Waals surface area contributed by atoms with Crippen LogP contribution < -0.4 is 5.56 Å². The number of halogens is 1. The molecule has 0 fully saturated rings. The minimum atomic E-state index is -3.41. The lowest BCUT2D eigenvalue weighted by Crippen LogP contribution is -2.21. The number of rotatable bonds is 5. The molecule has 5 nitrogen and oxygen atoms in total. The Morgan fingerprint density at radius 3 is 2.68 bits per heavy atom. The molecule has 3 aromatic rings. The summed E-state index contributed by atoms with van der Waals surface area (Å²) in [4.78, 5) is 19.9. The van der Waals surface area contributed by atoms with Crippen LogP contribution in [0.1, 0.15) is 23.3 Å². The maximum atomic E-state index is 12.9. The summed E-state index contributed by atoms with van der Waals surface area (Å²) >= 11 is 8.73.